The van der Waals surface area contributed by atoms with Crippen LogP contribution in [0, 0.1) is 0 Å². The first-order valence-corrected chi connectivity index (χ1v) is 6.37. The van der Waals surface area contributed by atoms with Gasteiger partial charge in [-0.15, -0.1) is 0 Å². The molecule has 8 heteroatoms. The molecule has 0 saturated heterocycles. The molecule has 6 nitrogen and oxygen atoms in total. The number of hydrogen-bond acceptors (Lipinski definition) is 6. The SMILES string of the molecule is NCc1ccc(-c2nc(-c3ncc(Cl)cc3Cl)no2)o1. The molecule has 0 spiro atoms. The van der Waals surface area contributed by atoms with E-state index in [4.69, 9.17) is 37.9 Å². The predicted molar refractivity (Wildman–Crippen MR) is 73.1 cm³/mol. The zero-order chi connectivity index (χ0) is 14.1. The van der Waals surface area contributed by atoms with Gasteiger partial charge in [0.05, 0.1) is 16.6 Å². The summed E-state index contributed by atoms with van der Waals surface area (Å²) in [5, 5.41) is 4.59. The van der Waals surface area contributed by atoms with Crippen molar-refractivity contribution in [1.82, 2.24) is 15.1 Å². The lowest BCUT2D eigenvalue weighted by Crippen LogP contribution is -1.92. The normalized spacial score (nSPS) is 10.9. The fourth-order valence-electron chi connectivity index (χ4n) is 1.60. The molecule has 3 aromatic heterocycles. The Hall–Kier alpha value is -1.89. The maximum atomic E-state index is 6.04. The summed E-state index contributed by atoms with van der Waals surface area (Å²) in [5.41, 5.74) is 5.86. The second-order valence-electron chi connectivity index (χ2n) is 3.88. The van der Waals surface area contributed by atoms with Crippen LogP contribution < -0.4 is 5.73 Å². The highest BCUT2D eigenvalue weighted by Gasteiger charge is 2.17. The van der Waals surface area contributed by atoms with Gasteiger partial charge in [-0.25, -0.2) is 4.98 Å². The van der Waals surface area contributed by atoms with Crippen LogP contribution in [0.25, 0.3) is 23.2 Å². The maximum Gasteiger partial charge on any atom is 0.293 e. The van der Waals surface area contributed by atoms with E-state index in [0.29, 0.717) is 33.8 Å². The summed E-state index contributed by atoms with van der Waals surface area (Å²) in [6.45, 7) is 0.297. The van der Waals surface area contributed by atoms with Gasteiger partial charge in [-0.05, 0) is 18.2 Å². The molecule has 2 N–H and O–H groups in total. The van der Waals surface area contributed by atoms with Gasteiger partial charge in [0.15, 0.2) is 5.76 Å². The monoisotopic (exact) mass is 310 g/mol. The molecular weight excluding hydrogens is 303 g/mol. The molecule has 0 aromatic carbocycles. The van der Waals surface area contributed by atoms with Crippen molar-refractivity contribution in [3.05, 3.63) is 40.2 Å². The minimum atomic E-state index is 0.229. The standard InChI is InChI=1S/C12H8Cl2N4O2/c13-6-3-8(14)10(16-5-6)11-17-12(20-18-11)9-2-1-7(4-15)19-9/h1-3,5H,4,15H2. The lowest BCUT2D eigenvalue weighted by molar-refractivity contribution is 0.412. The van der Waals surface area contributed by atoms with Gasteiger partial charge in [0.2, 0.25) is 5.82 Å². The first-order valence-electron chi connectivity index (χ1n) is 5.61. The summed E-state index contributed by atoms with van der Waals surface area (Å²) < 4.78 is 10.5. The minimum absolute atomic E-state index is 0.229. The highest BCUT2D eigenvalue weighted by atomic mass is 35.5. The molecule has 0 bridgehead atoms. The molecule has 20 heavy (non-hydrogen) atoms. The average molecular weight is 311 g/mol. The predicted octanol–water partition coefficient (Wildman–Crippen LogP) is 3.16. The van der Waals surface area contributed by atoms with Crippen molar-refractivity contribution in [3.8, 4) is 23.2 Å². The van der Waals surface area contributed by atoms with Gasteiger partial charge in [-0.2, -0.15) is 4.98 Å². The van der Waals surface area contributed by atoms with Crippen LogP contribution in [0.3, 0.4) is 0 Å². The Kier molecular flexibility index (Phi) is 3.43. The van der Waals surface area contributed by atoms with Crippen molar-refractivity contribution in [3.63, 3.8) is 0 Å². The van der Waals surface area contributed by atoms with E-state index in [1.54, 1.807) is 18.2 Å². The average Bonchev–Trinajstić information content (AvgIpc) is 3.07. The van der Waals surface area contributed by atoms with Gasteiger partial charge in [-0.1, -0.05) is 28.4 Å². The van der Waals surface area contributed by atoms with Crippen LogP contribution in [0.15, 0.2) is 33.3 Å². The van der Waals surface area contributed by atoms with Crippen LogP contribution >= 0.6 is 23.2 Å². The molecule has 0 fully saturated rings. The van der Waals surface area contributed by atoms with Crippen LogP contribution in [-0.4, -0.2) is 15.1 Å². The van der Waals surface area contributed by atoms with Gasteiger partial charge in [0.25, 0.3) is 5.89 Å². The third-order valence-electron chi connectivity index (χ3n) is 2.52. The Bertz CT molecular complexity index is 754. The Labute approximate surface area is 123 Å². The molecule has 0 atom stereocenters. The molecule has 0 radical (unpaired) electrons. The zero-order valence-corrected chi connectivity index (χ0v) is 11.5. The van der Waals surface area contributed by atoms with E-state index in [1.165, 1.54) is 6.20 Å². The number of hydrogen-bond donors (Lipinski definition) is 1. The Balaban J connectivity index is 1.97. The molecular formula is C12H8Cl2N4O2. The molecule has 0 aliphatic carbocycles. The van der Waals surface area contributed by atoms with E-state index < -0.39 is 0 Å². The summed E-state index contributed by atoms with van der Waals surface area (Å²) in [6, 6.07) is 5.00. The molecule has 0 saturated carbocycles. The molecule has 102 valence electrons. The number of furan rings is 1. The zero-order valence-electron chi connectivity index (χ0n) is 10.0. The number of halogens is 2. The van der Waals surface area contributed by atoms with Crippen molar-refractivity contribution in [1.29, 1.82) is 0 Å². The van der Waals surface area contributed by atoms with Gasteiger partial charge >= 0.3 is 0 Å². The molecule has 0 aliphatic heterocycles. The Morgan fingerprint density at radius 3 is 2.80 bits per heavy atom. The first-order chi connectivity index (χ1) is 9.67. The quantitative estimate of drug-likeness (QED) is 0.799. The van der Waals surface area contributed by atoms with E-state index >= 15 is 0 Å². The van der Waals surface area contributed by atoms with E-state index in [2.05, 4.69) is 15.1 Å². The van der Waals surface area contributed by atoms with Crippen LogP contribution in [0.5, 0.6) is 0 Å². The lowest BCUT2D eigenvalue weighted by Gasteiger charge is -1.97. The molecule has 0 unspecified atom stereocenters. The topological polar surface area (TPSA) is 91.0 Å². The van der Waals surface area contributed by atoms with E-state index in [-0.39, 0.29) is 11.7 Å². The fourth-order valence-corrected chi connectivity index (χ4v) is 2.07. The van der Waals surface area contributed by atoms with Gasteiger partial charge in [0, 0.05) is 6.20 Å². The Morgan fingerprint density at radius 2 is 2.10 bits per heavy atom. The van der Waals surface area contributed by atoms with Gasteiger partial charge in [0.1, 0.15) is 11.5 Å². The van der Waals surface area contributed by atoms with Crippen LogP contribution in [0.2, 0.25) is 10.0 Å². The summed E-state index contributed by atoms with van der Waals surface area (Å²) in [5.74, 6) is 1.55. The number of aromatic nitrogens is 3. The largest absolute Gasteiger partial charge is 0.455 e. The number of rotatable bonds is 3. The van der Waals surface area contributed by atoms with Crippen LogP contribution in [-0.2, 0) is 6.54 Å². The smallest absolute Gasteiger partial charge is 0.293 e. The summed E-state index contributed by atoms with van der Waals surface area (Å²) in [6.07, 6.45) is 1.46. The molecule has 3 aromatic rings. The molecule has 3 heterocycles. The maximum absolute atomic E-state index is 6.04. The van der Waals surface area contributed by atoms with Crippen molar-refractivity contribution in [2.45, 2.75) is 6.54 Å². The highest BCUT2D eigenvalue weighted by molar-refractivity contribution is 6.35. The summed E-state index contributed by atoms with van der Waals surface area (Å²) in [7, 11) is 0. The highest BCUT2D eigenvalue weighted by Crippen LogP contribution is 2.28. The van der Waals surface area contributed by atoms with Crippen molar-refractivity contribution < 1.29 is 8.94 Å². The Morgan fingerprint density at radius 1 is 1.25 bits per heavy atom. The molecule has 0 aliphatic rings. The van der Waals surface area contributed by atoms with Gasteiger partial charge in [-0.3, -0.25) is 0 Å². The third-order valence-corrected chi connectivity index (χ3v) is 3.01. The van der Waals surface area contributed by atoms with Crippen LogP contribution in [0.4, 0.5) is 0 Å². The fraction of sp³-hybridized carbons (Fsp3) is 0.0833. The van der Waals surface area contributed by atoms with E-state index in [1.807, 2.05) is 0 Å². The third kappa shape index (κ3) is 2.40. The van der Waals surface area contributed by atoms with E-state index in [9.17, 15) is 0 Å². The lowest BCUT2D eigenvalue weighted by atomic mass is 10.3. The van der Waals surface area contributed by atoms with Crippen molar-refractivity contribution in [2.75, 3.05) is 0 Å². The number of nitrogens with zero attached hydrogens (tertiary/aromatic N) is 3. The van der Waals surface area contributed by atoms with Crippen LogP contribution in [0.1, 0.15) is 5.76 Å². The molecule has 3 rings (SSSR count). The second-order valence-corrected chi connectivity index (χ2v) is 4.72. The van der Waals surface area contributed by atoms with Crippen molar-refractivity contribution in [2.24, 2.45) is 5.73 Å². The number of pyridine rings is 1. The van der Waals surface area contributed by atoms with Crippen molar-refractivity contribution >= 4 is 23.2 Å². The summed E-state index contributed by atoms with van der Waals surface area (Å²) >= 11 is 11.8. The summed E-state index contributed by atoms with van der Waals surface area (Å²) in [4.78, 5) is 8.26. The molecule has 0 amide bonds. The number of nitrogens with two attached hydrogens (primary N) is 1. The van der Waals surface area contributed by atoms with Gasteiger partial charge < -0.3 is 14.7 Å². The van der Waals surface area contributed by atoms with E-state index in [0.717, 1.165) is 0 Å². The first kappa shape index (κ1) is 13.1. The second kappa shape index (κ2) is 5.24. The minimum Gasteiger partial charge on any atom is -0.455 e.